The van der Waals surface area contributed by atoms with Crippen molar-refractivity contribution in [1.82, 2.24) is 15.5 Å². The molecule has 0 saturated carbocycles. The maximum atomic E-state index is 12.0. The van der Waals surface area contributed by atoms with Crippen LogP contribution < -0.4 is 5.32 Å². The molecular formula is C17H15N3O2. The normalized spacial score (nSPS) is 10.4. The topological polar surface area (TPSA) is 68.0 Å². The standard InChI is InChI=1S/C17H15N3O2/c1-12-2-4-14(5-3-12)17(21)19-11-15-10-16(20-22-15)13-6-8-18-9-7-13/h2-10H,11H2,1H3,(H,19,21). The maximum Gasteiger partial charge on any atom is 0.251 e. The van der Waals surface area contributed by atoms with Crippen LogP contribution in [0.2, 0.25) is 0 Å². The zero-order valence-electron chi connectivity index (χ0n) is 12.1. The van der Waals surface area contributed by atoms with Crippen LogP contribution in [0.1, 0.15) is 21.7 Å². The summed E-state index contributed by atoms with van der Waals surface area (Å²) in [6, 6.07) is 12.9. The number of aromatic nitrogens is 2. The first-order valence-electron chi connectivity index (χ1n) is 6.93. The third-order valence-corrected chi connectivity index (χ3v) is 3.27. The number of benzene rings is 1. The summed E-state index contributed by atoms with van der Waals surface area (Å²) in [7, 11) is 0. The van der Waals surface area contributed by atoms with Gasteiger partial charge in [-0.3, -0.25) is 9.78 Å². The predicted molar refractivity (Wildman–Crippen MR) is 82.1 cm³/mol. The summed E-state index contributed by atoms with van der Waals surface area (Å²) in [5.41, 5.74) is 3.39. The van der Waals surface area contributed by atoms with E-state index in [4.69, 9.17) is 4.52 Å². The van der Waals surface area contributed by atoms with Gasteiger partial charge in [-0.2, -0.15) is 0 Å². The molecular weight excluding hydrogens is 278 g/mol. The van der Waals surface area contributed by atoms with Gasteiger partial charge in [-0.15, -0.1) is 0 Å². The molecule has 1 aromatic carbocycles. The van der Waals surface area contributed by atoms with Gasteiger partial charge < -0.3 is 9.84 Å². The summed E-state index contributed by atoms with van der Waals surface area (Å²) in [5, 5.41) is 6.81. The van der Waals surface area contributed by atoms with Gasteiger partial charge in [0.1, 0.15) is 5.69 Å². The van der Waals surface area contributed by atoms with Crippen molar-refractivity contribution in [3.8, 4) is 11.3 Å². The molecule has 3 aromatic rings. The van der Waals surface area contributed by atoms with Crippen molar-refractivity contribution in [2.24, 2.45) is 0 Å². The van der Waals surface area contributed by atoms with E-state index in [2.05, 4.69) is 15.5 Å². The minimum atomic E-state index is -0.137. The van der Waals surface area contributed by atoms with E-state index in [9.17, 15) is 4.79 Å². The Labute approximate surface area is 128 Å². The Morgan fingerprint density at radius 1 is 1.14 bits per heavy atom. The molecule has 0 spiro atoms. The van der Waals surface area contributed by atoms with Crippen molar-refractivity contribution in [2.75, 3.05) is 0 Å². The van der Waals surface area contributed by atoms with E-state index in [0.29, 0.717) is 17.9 Å². The molecule has 0 atom stereocenters. The highest BCUT2D eigenvalue weighted by Crippen LogP contribution is 2.17. The van der Waals surface area contributed by atoms with Crippen LogP contribution >= 0.6 is 0 Å². The second-order valence-corrected chi connectivity index (χ2v) is 4.96. The molecule has 0 unspecified atom stereocenters. The Kier molecular flexibility index (Phi) is 3.96. The molecule has 1 N–H and O–H groups in total. The summed E-state index contributed by atoms with van der Waals surface area (Å²) in [4.78, 5) is 16.0. The second-order valence-electron chi connectivity index (χ2n) is 4.96. The van der Waals surface area contributed by atoms with E-state index in [1.54, 1.807) is 24.5 Å². The molecule has 110 valence electrons. The first-order valence-corrected chi connectivity index (χ1v) is 6.93. The van der Waals surface area contributed by atoms with Crippen molar-refractivity contribution in [3.05, 3.63) is 71.7 Å². The molecule has 0 aliphatic heterocycles. The van der Waals surface area contributed by atoms with Gasteiger partial charge in [0.05, 0.1) is 6.54 Å². The monoisotopic (exact) mass is 293 g/mol. The fourth-order valence-corrected chi connectivity index (χ4v) is 2.03. The van der Waals surface area contributed by atoms with E-state index in [1.165, 1.54) is 0 Å². The molecule has 0 fully saturated rings. The first kappa shape index (κ1) is 14.0. The lowest BCUT2D eigenvalue weighted by atomic mass is 10.1. The number of nitrogens with one attached hydrogen (secondary N) is 1. The highest BCUT2D eigenvalue weighted by Gasteiger charge is 2.09. The Bertz CT molecular complexity index is 764. The molecule has 1 amide bonds. The maximum absolute atomic E-state index is 12.0. The largest absolute Gasteiger partial charge is 0.359 e. The van der Waals surface area contributed by atoms with Crippen molar-refractivity contribution in [2.45, 2.75) is 13.5 Å². The summed E-state index contributed by atoms with van der Waals surface area (Å²) in [6.07, 6.45) is 3.39. The highest BCUT2D eigenvalue weighted by atomic mass is 16.5. The van der Waals surface area contributed by atoms with Gasteiger partial charge in [-0.25, -0.2) is 0 Å². The Morgan fingerprint density at radius 3 is 2.59 bits per heavy atom. The van der Waals surface area contributed by atoms with Gasteiger partial charge in [-0.05, 0) is 31.2 Å². The zero-order chi connectivity index (χ0) is 15.4. The number of nitrogens with zero attached hydrogens (tertiary/aromatic N) is 2. The van der Waals surface area contributed by atoms with E-state index in [1.807, 2.05) is 37.3 Å². The molecule has 0 saturated heterocycles. The molecule has 0 radical (unpaired) electrons. The molecule has 0 aliphatic rings. The molecule has 0 bridgehead atoms. The van der Waals surface area contributed by atoms with E-state index in [-0.39, 0.29) is 5.91 Å². The first-order chi connectivity index (χ1) is 10.7. The molecule has 0 aliphatic carbocycles. The van der Waals surface area contributed by atoms with Gasteiger partial charge in [0, 0.05) is 29.6 Å². The van der Waals surface area contributed by atoms with Crippen LogP contribution in [0.25, 0.3) is 11.3 Å². The number of carbonyl (C=O) groups excluding carboxylic acids is 1. The van der Waals surface area contributed by atoms with Crippen LogP contribution in [0.4, 0.5) is 0 Å². The number of pyridine rings is 1. The number of amides is 1. The van der Waals surface area contributed by atoms with Crippen molar-refractivity contribution < 1.29 is 9.32 Å². The molecule has 5 heteroatoms. The number of rotatable bonds is 4. The summed E-state index contributed by atoms with van der Waals surface area (Å²) in [6.45, 7) is 2.28. The summed E-state index contributed by atoms with van der Waals surface area (Å²) >= 11 is 0. The summed E-state index contributed by atoms with van der Waals surface area (Å²) < 4.78 is 5.24. The van der Waals surface area contributed by atoms with Crippen LogP contribution in [-0.4, -0.2) is 16.0 Å². The molecule has 2 aromatic heterocycles. The minimum Gasteiger partial charge on any atom is -0.359 e. The molecule has 5 nitrogen and oxygen atoms in total. The average Bonchev–Trinajstić information content (AvgIpc) is 3.03. The molecule has 22 heavy (non-hydrogen) atoms. The SMILES string of the molecule is Cc1ccc(C(=O)NCc2cc(-c3ccncc3)no2)cc1. The quantitative estimate of drug-likeness (QED) is 0.803. The second kappa shape index (κ2) is 6.22. The van der Waals surface area contributed by atoms with Crippen LogP contribution in [0.15, 0.2) is 59.4 Å². The third kappa shape index (κ3) is 3.20. The lowest BCUT2D eigenvalue weighted by Gasteiger charge is -2.02. The van der Waals surface area contributed by atoms with Gasteiger partial charge in [0.2, 0.25) is 0 Å². The predicted octanol–water partition coefficient (Wildman–Crippen LogP) is 2.98. The lowest BCUT2D eigenvalue weighted by molar-refractivity contribution is 0.0947. The van der Waals surface area contributed by atoms with Gasteiger partial charge >= 0.3 is 0 Å². The van der Waals surface area contributed by atoms with E-state index < -0.39 is 0 Å². The fourth-order valence-electron chi connectivity index (χ4n) is 2.03. The van der Waals surface area contributed by atoms with Gasteiger partial charge in [0.15, 0.2) is 5.76 Å². The van der Waals surface area contributed by atoms with Crippen molar-refractivity contribution in [1.29, 1.82) is 0 Å². The lowest BCUT2D eigenvalue weighted by Crippen LogP contribution is -2.22. The minimum absolute atomic E-state index is 0.137. The van der Waals surface area contributed by atoms with Crippen molar-refractivity contribution in [3.63, 3.8) is 0 Å². The Hall–Kier alpha value is -2.95. The fraction of sp³-hybridized carbons (Fsp3) is 0.118. The molecule has 3 rings (SSSR count). The number of hydrogen-bond donors (Lipinski definition) is 1. The average molecular weight is 293 g/mol. The number of carbonyl (C=O) groups is 1. The van der Waals surface area contributed by atoms with Crippen LogP contribution in [0, 0.1) is 6.92 Å². The Morgan fingerprint density at radius 2 is 1.86 bits per heavy atom. The highest BCUT2D eigenvalue weighted by molar-refractivity contribution is 5.94. The molecule has 2 heterocycles. The number of hydrogen-bond acceptors (Lipinski definition) is 4. The third-order valence-electron chi connectivity index (χ3n) is 3.27. The van der Waals surface area contributed by atoms with E-state index >= 15 is 0 Å². The van der Waals surface area contributed by atoms with Gasteiger partial charge in [-0.1, -0.05) is 22.9 Å². The van der Waals surface area contributed by atoms with Gasteiger partial charge in [0.25, 0.3) is 5.91 Å². The number of aryl methyl sites for hydroxylation is 1. The Balaban J connectivity index is 1.64. The van der Waals surface area contributed by atoms with Crippen molar-refractivity contribution >= 4 is 5.91 Å². The summed E-state index contributed by atoms with van der Waals surface area (Å²) in [5.74, 6) is 0.467. The van der Waals surface area contributed by atoms with Crippen LogP contribution in [0.3, 0.4) is 0 Å². The zero-order valence-corrected chi connectivity index (χ0v) is 12.1. The van der Waals surface area contributed by atoms with E-state index in [0.717, 1.165) is 16.8 Å². The smallest absolute Gasteiger partial charge is 0.251 e. The van der Waals surface area contributed by atoms with Crippen LogP contribution in [-0.2, 0) is 6.54 Å². The van der Waals surface area contributed by atoms with Crippen LogP contribution in [0.5, 0.6) is 0 Å².